The van der Waals surface area contributed by atoms with Crippen LogP contribution in [0.5, 0.6) is 0 Å². The predicted octanol–water partition coefficient (Wildman–Crippen LogP) is 0.726. The lowest BCUT2D eigenvalue weighted by atomic mass is 10.0. The zero-order valence-corrected chi connectivity index (χ0v) is 15.7. The van der Waals surface area contributed by atoms with Crippen LogP contribution in [0, 0.1) is 0 Å². The van der Waals surface area contributed by atoms with Gasteiger partial charge in [0.15, 0.2) is 0 Å². The maximum absolute atomic E-state index is 12.4. The summed E-state index contributed by atoms with van der Waals surface area (Å²) in [5, 5.41) is 10.6. The molecule has 2 fully saturated rings. The van der Waals surface area contributed by atoms with E-state index in [1.165, 1.54) is 0 Å². The van der Waals surface area contributed by atoms with E-state index in [0.29, 0.717) is 6.61 Å². The van der Waals surface area contributed by atoms with Crippen LogP contribution in [0.25, 0.3) is 0 Å². The van der Waals surface area contributed by atoms with Crippen molar-refractivity contribution in [2.75, 3.05) is 31.1 Å². The molecule has 1 amide bonds. The number of anilines is 1. The van der Waals surface area contributed by atoms with Gasteiger partial charge in [0.1, 0.15) is 6.04 Å². The van der Waals surface area contributed by atoms with Crippen LogP contribution in [0.2, 0.25) is 0 Å². The Morgan fingerprint density at radius 3 is 2.92 bits per heavy atom. The summed E-state index contributed by atoms with van der Waals surface area (Å²) in [6.45, 7) is 5.19. The molecular formula is C15H27Cl2N5O2. The maximum atomic E-state index is 12.4. The number of piperidine rings is 1. The highest BCUT2D eigenvalue weighted by atomic mass is 35.5. The Morgan fingerprint density at radius 1 is 1.46 bits per heavy atom. The first-order valence-corrected chi connectivity index (χ1v) is 8.02. The third-order valence-corrected chi connectivity index (χ3v) is 4.42. The first-order valence-electron chi connectivity index (χ1n) is 8.02. The third-order valence-electron chi connectivity index (χ3n) is 4.42. The quantitative estimate of drug-likeness (QED) is 0.809. The maximum Gasteiger partial charge on any atom is 0.240 e. The van der Waals surface area contributed by atoms with Crippen LogP contribution in [0.15, 0.2) is 12.4 Å². The Bertz CT molecular complexity index is 528. The molecule has 0 aliphatic carbocycles. The van der Waals surface area contributed by atoms with Crippen molar-refractivity contribution < 1.29 is 9.53 Å². The van der Waals surface area contributed by atoms with Crippen molar-refractivity contribution >= 4 is 36.4 Å². The number of carbonyl (C=O) groups excluding carboxylic acids is 1. The Hall–Kier alpha value is -1.02. The molecule has 0 saturated carbocycles. The van der Waals surface area contributed by atoms with Crippen LogP contribution in [-0.2, 0) is 16.6 Å². The van der Waals surface area contributed by atoms with E-state index < -0.39 is 0 Å². The molecule has 3 rings (SSSR count). The van der Waals surface area contributed by atoms with Gasteiger partial charge in [0.2, 0.25) is 5.91 Å². The number of ether oxygens (including phenoxy) is 1. The molecule has 0 aromatic carbocycles. The second-order valence-electron chi connectivity index (χ2n) is 6.17. The number of aromatic nitrogens is 2. The molecule has 24 heavy (non-hydrogen) atoms. The number of hydrogen-bond acceptors (Lipinski definition) is 5. The smallest absolute Gasteiger partial charge is 0.240 e. The van der Waals surface area contributed by atoms with Crippen molar-refractivity contribution in [2.45, 2.75) is 38.0 Å². The van der Waals surface area contributed by atoms with Crippen molar-refractivity contribution in [2.24, 2.45) is 7.05 Å². The van der Waals surface area contributed by atoms with Crippen LogP contribution < -0.4 is 15.5 Å². The lowest BCUT2D eigenvalue weighted by molar-refractivity contribution is -0.129. The van der Waals surface area contributed by atoms with Crippen LogP contribution >= 0.6 is 24.8 Å². The first kappa shape index (κ1) is 21.0. The van der Waals surface area contributed by atoms with Crippen molar-refractivity contribution in [3.63, 3.8) is 0 Å². The first-order chi connectivity index (χ1) is 10.6. The predicted molar refractivity (Wildman–Crippen MR) is 98.3 cm³/mol. The minimum absolute atomic E-state index is 0. The summed E-state index contributed by atoms with van der Waals surface area (Å²) in [7, 11) is 1.92. The SMILES string of the molecule is C[C@H]1OCCN[C@@H]1C(=O)NC1CCCN(c2cnn(C)c2)C1.Cl.Cl. The Kier molecular flexibility index (Phi) is 8.29. The monoisotopic (exact) mass is 379 g/mol. The van der Waals surface area contributed by atoms with Gasteiger partial charge >= 0.3 is 0 Å². The van der Waals surface area contributed by atoms with Crippen molar-refractivity contribution in [3.8, 4) is 0 Å². The van der Waals surface area contributed by atoms with E-state index in [1.54, 1.807) is 0 Å². The number of aryl methyl sites for hydroxylation is 1. The summed E-state index contributed by atoms with van der Waals surface area (Å²) in [5.41, 5.74) is 1.12. The molecule has 1 aromatic heterocycles. The van der Waals surface area contributed by atoms with E-state index in [2.05, 4.69) is 20.6 Å². The van der Waals surface area contributed by atoms with Crippen LogP contribution in [0.3, 0.4) is 0 Å². The van der Waals surface area contributed by atoms with Gasteiger partial charge < -0.3 is 20.3 Å². The highest BCUT2D eigenvalue weighted by molar-refractivity contribution is 5.85. The van der Waals surface area contributed by atoms with E-state index in [1.807, 2.05) is 31.0 Å². The van der Waals surface area contributed by atoms with Crippen molar-refractivity contribution in [1.82, 2.24) is 20.4 Å². The van der Waals surface area contributed by atoms with Crippen LogP contribution in [0.4, 0.5) is 5.69 Å². The number of hydrogen-bond donors (Lipinski definition) is 2. The number of amides is 1. The normalized spacial score (nSPS) is 26.9. The van der Waals surface area contributed by atoms with E-state index in [0.717, 1.165) is 38.2 Å². The van der Waals surface area contributed by atoms with Crippen LogP contribution in [0.1, 0.15) is 19.8 Å². The average molecular weight is 380 g/mol. The van der Waals surface area contributed by atoms with Gasteiger partial charge in [0.25, 0.3) is 0 Å². The molecule has 2 saturated heterocycles. The summed E-state index contributed by atoms with van der Waals surface area (Å²) in [6.07, 6.45) is 5.91. The van der Waals surface area contributed by atoms with Gasteiger partial charge in [0, 0.05) is 38.9 Å². The zero-order chi connectivity index (χ0) is 15.5. The van der Waals surface area contributed by atoms with Crippen LogP contribution in [-0.4, -0.2) is 60.1 Å². The van der Waals surface area contributed by atoms with Gasteiger partial charge in [-0.05, 0) is 19.8 Å². The fourth-order valence-corrected chi connectivity index (χ4v) is 3.22. The van der Waals surface area contributed by atoms with E-state index in [-0.39, 0.29) is 48.9 Å². The lowest BCUT2D eigenvalue weighted by Gasteiger charge is -2.36. The van der Waals surface area contributed by atoms with Gasteiger partial charge in [-0.1, -0.05) is 0 Å². The highest BCUT2D eigenvalue weighted by Crippen LogP contribution is 2.19. The number of nitrogens with zero attached hydrogens (tertiary/aromatic N) is 3. The molecule has 3 heterocycles. The fourth-order valence-electron chi connectivity index (χ4n) is 3.22. The molecule has 2 aliphatic heterocycles. The van der Waals surface area contributed by atoms with Crippen molar-refractivity contribution in [3.05, 3.63) is 12.4 Å². The molecule has 0 bridgehead atoms. The van der Waals surface area contributed by atoms with Gasteiger partial charge in [-0.15, -0.1) is 24.8 Å². The summed E-state index contributed by atoms with van der Waals surface area (Å²) >= 11 is 0. The summed E-state index contributed by atoms with van der Waals surface area (Å²) in [6, 6.07) is -0.0695. The molecule has 7 nitrogen and oxygen atoms in total. The minimum atomic E-state index is -0.248. The highest BCUT2D eigenvalue weighted by Gasteiger charge is 2.31. The minimum Gasteiger partial charge on any atom is -0.375 e. The lowest BCUT2D eigenvalue weighted by Crippen LogP contribution is -2.58. The van der Waals surface area contributed by atoms with Gasteiger partial charge in [0.05, 0.1) is 24.6 Å². The molecule has 3 atom stereocenters. The second-order valence-corrected chi connectivity index (χ2v) is 6.17. The van der Waals surface area contributed by atoms with Gasteiger partial charge in [-0.2, -0.15) is 5.10 Å². The molecule has 1 aromatic rings. The Morgan fingerprint density at radius 2 is 2.25 bits per heavy atom. The third kappa shape index (κ3) is 4.99. The molecule has 2 aliphatic rings. The van der Waals surface area contributed by atoms with Gasteiger partial charge in [-0.25, -0.2) is 0 Å². The molecule has 0 radical (unpaired) electrons. The summed E-state index contributed by atoms with van der Waals surface area (Å²) in [4.78, 5) is 14.7. The molecule has 2 N–H and O–H groups in total. The molecule has 138 valence electrons. The Labute approximate surface area is 155 Å². The summed E-state index contributed by atoms with van der Waals surface area (Å²) < 4.78 is 7.36. The summed E-state index contributed by atoms with van der Waals surface area (Å²) in [5.74, 6) is 0.0465. The van der Waals surface area contributed by atoms with E-state index in [4.69, 9.17) is 4.74 Å². The molecule has 0 spiro atoms. The standard InChI is InChI=1S/C15H25N5O2.2ClH/c1-11-14(16-5-7-22-11)15(21)18-12-4-3-6-20(9-12)13-8-17-19(2)10-13;;/h8,10-12,14,16H,3-7,9H2,1-2H3,(H,18,21);2*1H/t11-,12?,14+;;/m1../s1. The number of rotatable bonds is 3. The number of carbonyl (C=O) groups is 1. The van der Waals surface area contributed by atoms with Gasteiger partial charge in [-0.3, -0.25) is 9.48 Å². The molecular weight excluding hydrogens is 353 g/mol. The zero-order valence-electron chi connectivity index (χ0n) is 14.1. The second kappa shape index (κ2) is 9.46. The largest absolute Gasteiger partial charge is 0.375 e. The number of nitrogens with one attached hydrogen (secondary N) is 2. The molecule has 1 unspecified atom stereocenters. The average Bonchev–Trinajstić information content (AvgIpc) is 2.94. The molecule has 9 heteroatoms. The topological polar surface area (TPSA) is 71.4 Å². The van der Waals surface area contributed by atoms with E-state index >= 15 is 0 Å². The van der Waals surface area contributed by atoms with Crippen molar-refractivity contribution in [1.29, 1.82) is 0 Å². The number of morpholine rings is 1. The Balaban J connectivity index is 0.00000144. The fraction of sp³-hybridized carbons (Fsp3) is 0.733. The van der Waals surface area contributed by atoms with E-state index in [9.17, 15) is 4.79 Å². The number of halogens is 2.